The van der Waals surface area contributed by atoms with Crippen molar-refractivity contribution in [2.24, 2.45) is 5.92 Å². The van der Waals surface area contributed by atoms with Gasteiger partial charge in [-0.1, -0.05) is 41.1 Å². The summed E-state index contributed by atoms with van der Waals surface area (Å²) in [6.07, 6.45) is 1.41. The van der Waals surface area contributed by atoms with Crippen LogP contribution in [0.2, 0.25) is 5.02 Å². The maximum absolute atomic E-state index is 13.0. The summed E-state index contributed by atoms with van der Waals surface area (Å²) in [6.45, 7) is 2.78. The molecule has 1 aromatic heterocycles. The molecule has 0 aliphatic carbocycles. The summed E-state index contributed by atoms with van der Waals surface area (Å²) in [7, 11) is 0. The minimum absolute atomic E-state index is 0.0732. The molecular weight excluding hydrogens is 462 g/mol. The molecule has 1 unspecified atom stereocenters. The number of carbonyl (C=O) groups excluding carboxylic acids is 3. The number of aryl methyl sites for hydroxylation is 1. The minimum Gasteiger partial charge on any atom is -0.336 e. The number of nitrogens with one attached hydrogen (secondary N) is 2. The van der Waals surface area contributed by atoms with Crippen molar-refractivity contribution in [2.45, 2.75) is 19.8 Å². The van der Waals surface area contributed by atoms with Gasteiger partial charge in [0.1, 0.15) is 0 Å². The molecule has 0 radical (unpaired) electrons. The van der Waals surface area contributed by atoms with E-state index < -0.39 is 5.91 Å². The molecule has 3 aromatic rings. The Kier molecular flexibility index (Phi) is 7.00. The van der Waals surface area contributed by atoms with Crippen molar-refractivity contribution in [2.75, 3.05) is 23.7 Å². The van der Waals surface area contributed by atoms with E-state index in [1.165, 1.54) is 0 Å². The summed E-state index contributed by atoms with van der Waals surface area (Å²) in [6, 6.07) is 14.3. The van der Waals surface area contributed by atoms with E-state index in [0.29, 0.717) is 36.6 Å². The number of carbonyl (C=O) groups is 3. The quantitative estimate of drug-likeness (QED) is 0.564. The molecule has 10 heteroatoms. The van der Waals surface area contributed by atoms with Gasteiger partial charge in [0.05, 0.1) is 5.92 Å². The first kappa shape index (κ1) is 22.9. The topological polar surface area (TPSA) is 104 Å². The second kappa shape index (κ2) is 10.1. The summed E-state index contributed by atoms with van der Waals surface area (Å²) >= 11 is 6.86. The van der Waals surface area contributed by atoms with E-state index in [4.69, 9.17) is 11.6 Å². The van der Waals surface area contributed by atoms with E-state index in [9.17, 15) is 14.4 Å². The fourth-order valence-electron chi connectivity index (χ4n) is 3.63. The molecular formula is C23H22ClN5O3S. The monoisotopic (exact) mass is 483 g/mol. The first-order valence-corrected chi connectivity index (χ1v) is 11.7. The number of hydrogen-bond acceptors (Lipinski definition) is 6. The van der Waals surface area contributed by atoms with Gasteiger partial charge in [-0.15, -0.1) is 10.2 Å². The van der Waals surface area contributed by atoms with Crippen LogP contribution in [0.4, 0.5) is 11.4 Å². The highest BCUT2D eigenvalue weighted by molar-refractivity contribution is 7.15. The van der Waals surface area contributed by atoms with Crippen molar-refractivity contribution in [3.05, 3.63) is 69.1 Å². The highest BCUT2D eigenvalue weighted by atomic mass is 35.5. The molecule has 170 valence electrons. The van der Waals surface area contributed by atoms with E-state index >= 15 is 0 Å². The van der Waals surface area contributed by atoms with Gasteiger partial charge in [-0.3, -0.25) is 14.4 Å². The molecule has 2 N–H and O–H groups in total. The highest BCUT2D eigenvalue weighted by Gasteiger charge is 2.31. The van der Waals surface area contributed by atoms with Gasteiger partial charge in [-0.25, -0.2) is 0 Å². The standard InChI is InChI=1S/C23H22ClN5O3S/c1-14-5-2-8-17(11-14)25-19(30)15-6-4-10-29(13-15)23(32)22-28-27-21(33-22)20(31)26-18-9-3-7-16(24)12-18/h2-3,5,7-9,11-12,15H,4,6,10,13H2,1H3,(H,25,30)(H,26,31). The van der Waals surface area contributed by atoms with Crippen LogP contribution in [0.3, 0.4) is 0 Å². The minimum atomic E-state index is -0.470. The van der Waals surface area contributed by atoms with E-state index in [1.807, 2.05) is 31.2 Å². The maximum atomic E-state index is 13.0. The second-order valence-corrected chi connectivity index (χ2v) is 9.24. The summed E-state index contributed by atoms with van der Waals surface area (Å²) in [4.78, 5) is 39.8. The van der Waals surface area contributed by atoms with Crippen molar-refractivity contribution in [1.29, 1.82) is 0 Å². The average Bonchev–Trinajstić information content (AvgIpc) is 3.29. The molecule has 8 nitrogen and oxygen atoms in total. The lowest BCUT2D eigenvalue weighted by Crippen LogP contribution is -2.43. The van der Waals surface area contributed by atoms with Gasteiger partial charge >= 0.3 is 0 Å². The van der Waals surface area contributed by atoms with Crippen molar-refractivity contribution in [1.82, 2.24) is 15.1 Å². The van der Waals surface area contributed by atoms with Crippen LogP contribution >= 0.6 is 22.9 Å². The number of anilines is 2. The van der Waals surface area contributed by atoms with Gasteiger partial charge in [-0.05, 0) is 55.7 Å². The van der Waals surface area contributed by atoms with E-state index in [-0.39, 0.29) is 27.7 Å². The summed E-state index contributed by atoms with van der Waals surface area (Å²) < 4.78 is 0. The number of aromatic nitrogens is 2. The Bertz CT molecular complexity index is 1200. The van der Waals surface area contributed by atoms with Crippen LogP contribution in [0, 0.1) is 12.8 Å². The molecule has 3 amide bonds. The van der Waals surface area contributed by atoms with Crippen LogP contribution in [0.5, 0.6) is 0 Å². The Labute approximate surface area is 200 Å². The maximum Gasteiger partial charge on any atom is 0.286 e. The number of benzene rings is 2. The van der Waals surface area contributed by atoms with Crippen LogP contribution in [0.15, 0.2) is 48.5 Å². The number of nitrogens with zero attached hydrogens (tertiary/aromatic N) is 3. The predicted octanol–water partition coefficient (Wildman–Crippen LogP) is 4.24. The van der Waals surface area contributed by atoms with Crippen LogP contribution in [0.25, 0.3) is 0 Å². The molecule has 1 saturated heterocycles. The molecule has 0 spiro atoms. The Hall–Kier alpha value is -3.30. The molecule has 0 bridgehead atoms. The van der Waals surface area contributed by atoms with Crippen molar-refractivity contribution >= 4 is 52.0 Å². The number of halogens is 1. The number of rotatable bonds is 5. The molecule has 33 heavy (non-hydrogen) atoms. The van der Waals surface area contributed by atoms with Gasteiger partial charge in [0, 0.05) is 29.5 Å². The van der Waals surface area contributed by atoms with Crippen LogP contribution in [-0.4, -0.2) is 45.9 Å². The second-order valence-electron chi connectivity index (χ2n) is 7.83. The largest absolute Gasteiger partial charge is 0.336 e. The van der Waals surface area contributed by atoms with Gasteiger partial charge in [0.2, 0.25) is 15.9 Å². The van der Waals surface area contributed by atoms with E-state index in [2.05, 4.69) is 20.8 Å². The van der Waals surface area contributed by atoms with Crippen molar-refractivity contribution < 1.29 is 14.4 Å². The SMILES string of the molecule is Cc1cccc(NC(=O)C2CCCN(C(=O)c3nnc(C(=O)Nc4cccc(Cl)c4)s3)C2)c1. The zero-order valence-corrected chi connectivity index (χ0v) is 19.4. The lowest BCUT2D eigenvalue weighted by atomic mass is 9.97. The number of hydrogen-bond donors (Lipinski definition) is 2. The van der Waals surface area contributed by atoms with E-state index in [1.54, 1.807) is 29.2 Å². The third-order valence-corrected chi connectivity index (χ3v) is 6.39. The Balaban J connectivity index is 1.38. The molecule has 1 aliphatic heterocycles. The summed E-state index contributed by atoms with van der Waals surface area (Å²) in [5.74, 6) is -1.23. The molecule has 2 heterocycles. The predicted molar refractivity (Wildman–Crippen MR) is 128 cm³/mol. The van der Waals surface area contributed by atoms with Crippen molar-refractivity contribution in [3.8, 4) is 0 Å². The summed E-state index contributed by atoms with van der Waals surface area (Å²) in [5.41, 5.74) is 2.32. The third kappa shape index (κ3) is 5.74. The number of amides is 3. The van der Waals surface area contributed by atoms with Crippen LogP contribution < -0.4 is 10.6 Å². The van der Waals surface area contributed by atoms with Crippen LogP contribution in [-0.2, 0) is 4.79 Å². The molecule has 2 aromatic carbocycles. The van der Waals surface area contributed by atoms with Gasteiger partial charge < -0.3 is 15.5 Å². The highest BCUT2D eigenvalue weighted by Crippen LogP contribution is 2.23. The Morgan fingerprint density at radius 3 is 2.52 bits per heavy atom. The van der Waals surface area contributed by atoms with E-state index in [0.717, 1.165) is 22.6 Å². The number of likely N-dealkylation sites (tertiary alicyclic amines) is 1. The molecule has 1 fully saturated rings. The summed E-state index contributed by atoms with van der Waals surface area (Å²) in [5, 5.41) is 14.1. The fraction of sp³-hybridized carbons (Fsp3) is 0.261. The van der Waals surface area contributed by atoms with Gasteiger partial charge in [-0.2, -0.15) is 0 Å². The zero-order chi connectivity index (χ0) is 23.4. The first-order valence-electron chi connectivity index (χ1n) is 10.5. The normalized spacial score (nSPS) is 15.7. The van der Waals surface area contributed by atoms with Gasteiger partial charge in [0.15, 0.2) is 0 Å². The molecule has 4 rings (SSSR count). The average molecular weight is 484 g/mol. The van der Waals surface area contributed by atoms with Crippen molar-refractivity contribution in [3.63, 3.8) is 0 Å². The lowest BCUT2D eigenvalue weighted by molar-refractivity contribution is -0.121. The zero-order valence-electron chi connectivity index (χ0n) is 17.9. The van der Waals surface area contributed by atoms with Gasteiger partial charge in [0.25, 0.3) is 11.8 Å². The number of piperidine rings is 1. The van der Waals surface area contributed by atoms with Crippen LogP contribution in [0.1, 0.15) is 38.0 Å². The first-order chi connectivity index (χ1) is 15.9. The lowest BCUT2D eigenvalue weighted by Gasteiger charge is -2.31. The molecule has 0 saturated carbocycles. The Morgan fingerprint density at radius 2 is 1.76 bits per heavy atom. The third-order valence-electron chi connectivity index (χ3n) is 5.25. The smallest absolute Gasteiger partial charge is 0.286 e. The molecule has 1 aliphatic rings. The molecule has 1 atom stereocenters. The Morgan fingerprint density at radius 1 is 1.03 bits per heavy atom. The fourth-order valence-corrected chi connectivity index (χ4v) is 4.53.